The summed E-state index contributed by atoms with van der Waals surface area (Å²) in [6, 6.07) is 6.52. The molecule has 0 N–H and O–H groups in total. The summed E-state index contributed by atoms with van der Waals surface area (Å²) < 4.78 is 37.8. The number of aromatic nitrogens is 2. The third-order valence-corrected chi connectivity index (χ3v) is 7.54. The molecule has 27 heavy (non-hydrogen) atoms. The van der Waals surface area contributed by atoms with Crippen molar-refractivity contribution in [1.82, 2.24) is 14.5 Å². The molecule has 1 atom stereocenters. The SMILES string of the molecule is O=C1OCCC1Sc1nnc(-c2cccc(S(=O)(=O)N3CCCCC3)c2)o1. The number of thioether (sulfide) groups is 1. The van der Waals surface area contributed by atoms with Crippen molar-refractivity contribution in [3.63, 3.8) is 0 Å². The predicted molar refractivity (Wildman–Crippen MR) is 97.6 cm³/mol. The third kappa shape index (κ3) is 3.87. The number of carbonyl (C=O) groups excluding carboxylic acids is 1. The van der Waals surface area contributed by atoms with Crippen LogP contribution >= 0.6 is 11.8 Å². The van der Waals surface area contributed by atoms with Crippen molar-refractivity contribution in [2.75, 3.05) is 19.7 Å². The van der Waals surface area contributed by atoms with Gasteiger partial charge >= 0.3 is 5.97 Å². The number of ether oxygens (including phenoxy) is 1. The average molecular weight is 409 g/mol. The maximum Gasteiger partial charge on any atom is 0.319 e. The van der Waals surface area contributed by atoms with Crippen LogP contribution in [0.4, 0.5) is 0 Å². The first-order valence-corrected chi connectivity index (χ1v) is 11.1. The zero-order valence-corrected chi connectivity index (χ0v) is 16.2. The quantitative estimate of drug-likeness (QED) is 0.693. The highest BCUT2D eigenvalue weighted by atomic mass is 32.2. The molecule has 2 aromatic rings. The molecule has 0 saturated carbocycles. The summed E-state index contributed by atoms with van der Waals surface area (Å²) in [7, 11) is -3.53. The van der Waals surface area contributed by atoms with Gasteiger partial charge < -0.3 is 9.15 Å². The number of sulfonamides is 1. The summed E-state index contributed by atoms with van der Waals surface area (Å²) in [4.78, 5) is 11.8. The van der Waals surface area contributed by atoms with E-state index in [0.29, 0.717) is 31.7 Å². The van der Waals surface area contributed by atoms with Gasteiger partial charge in [-0.05, 0) is 42.8 Å². The van der Waals surface area contributed by atoms with Gasteiger partial charge in [0.2, 0.25) is 15.9 Å². The fourth-order valence-corrected chi connectivity index (χ4v) is 5.52. The van der Waals surface area contributed by atoms with Crippen LogP contribution in [-0.2, 0) is 19.6 Å². The summed E-state index contributed by atoms with van der Waals surface area (Å²) in [6.07, 6.45) is 3.42. The molecule has 1 unspecified atom stereocenters. The zero-order valence-electron chi connectivity index (χ0n) is 14.5. The van der Waals surface area contributed by atoms with E-state index in [1.165, 1.54) is 16.1 Å². The van der Waals surface area contributed by atoms with Gasteiger partial charge in [-0.1, -0.05) is 12.5 Å². The average Bonchev–Trinajstić information content (AvgIpc) is 3.32. The molecule has 0 amide bonds. The predicted octanol–water partition coefficient (Wildman–Crippen LogP) is 2.32. The van der Waals surface area contributed by atoms with Crippen LogP contribution in [0.2, 0.25) is 0 Å². The standard InChI is InChI=1S/C17H19N3O5S2/c21-16-14(7-10-24-16)26-17-19-18-15(25-17)12-5-4-6-13(11-12)27(22,23)20-8-2-1-3-9-20/h4-6,11,14H,1-3,7-10H2. The molecule has 3 heterocycles. The van der Waals surface area contributed by atoms with Gasteiger partial charge in [-0.25, -0.2) is 8.42 Å². The Labute approximate surface area is 161 Å². The second kappa shape index (κ2) is 7.61. The van der Waals surface area contributed by atoms with E-state index in [1.54, 1.807) is 24.3 Å². The maximum absolute atomic E-state index is 12.8. The summed E-state index contributed by atoms with van der Waals surface area (Å²) >= 11 is 1.17. The van der Waals surface area contributed by atoms with E-state index < -0.39 is 10.0 Å². The van der Waals surface area contributed by atoms with Gasteiger partial charge in [0.15, 0.2) is 0 Å². The van der Waals surface area contributed by atoms with E-state index in [1.807, 2.05) is 0 Å². The monoisotopic (exact) mass is 409 g/mol. The smallest absolute Gasteiger partial charge is 0.319 e. The van der Waals surface area contributed by atoms with Crippen molar-refractivity contribution < 1.29 is 22.4 Å². The number of piperidine rings is 1. The van der Waals surface area contributed by atoms with Crippen LogP contribution in [0.25, 0.3) is 11.5 Å². The van der Waals surface area contributed by atoms with Crippen LogP contribution in [0.5, 0.6) is 0 Å². The molecule has 0 aliphatic carbocycles. The summed E-state index contributed by atoms with van der Waals surface area (Å²) in [5.74, 6) is -0.0612. The van der Waals surface area contributed by atoms with Crippen molar-refractivity contribution in [2.45, 2.75) is 41.1 Å². The minimum atomic E-state index is -3.53. The molecule has 144 valence electrons. The number of cyclic esters (lactones) is 1. The van der Waals surface area contributed by atoms with Crippen LogP contribution in [0.3, 0.4) is 0 Å². The van der Waals surface area contributed by atoms with Crippen LogP contribution in [0.15, 0.2) is 38.8 Å². The first-order valence-electron chi connectivity index (χ1n) is 8.81. The number of benzene rings is 1. The lowest BCUT2D eigenvalue weighted by Gasteiger charge is -2.25. The number of nitrogens with zero attached hydrogens (tertiary/aromatic N) is 3. The highest BCUT2D eigenvalue weighted by molar-refractivity contribution is 8.00. The van der Waals surface area contributed by atoms with Crippen LogP contribution in [0, 0.1) is 0 Å². The Hall–Kier alpha value is -1.91. The fourth-order valence-electron chi connectivity index (χ4n) is 3.12. The number of hydrogen-bond donors (Lipinski definition) is 0. The number of rotatable bonds is 5. The van der Waals surface area contributed by atoms with E-state index in [-0.39, 0.29) is 27.2 Å². The van der Waals surface area contributed by atoms with Gasteiger partial charge in [0.25, 0.3) is 5.22 Å². The normalized spacial score (nSPS) is 21.3. The Bertz CT molecular complexity index is 938. The fraction of sp³-hybridized carbons (Fsp3) is 0.471. The van der Waals surface area contributed by atoms with Crippen molar-refractivity contribution in [3.8, 4) is 11.5 Å². The molecule has 4 rings (SSSR count). The summed E-state index contributed by atoms with van der Waals surface area (Å²) in [5.41, 5.74) is 0.529. The molecule has 0 bridgehead atoms. The molecule has 2 aliphatic heterocycles. The number of carbonyl (C=O) groups is 1. The largest absolute Gasteiger partial charge is 0.465 e. The Morgan fingerprint density at radius 1 is 1.15 bits per heavy atom. The molecule has 2 aliphatic rings. The van der Waals surface area contributed by atoms with Crippen LogP contribution < -0.4 is 0 Å². The Kier molecular flexibility index (Phi) is 5.20. The van der Waals surface area contributed by atoms with Gasteiger partial charge in [-0.2, -0.15) is 4.31 Å². The third-order valence-electron chi connectivity index (χ3n) is 4.57. The minimum Gasteiger partial charge on any atom is -0.465 e. The maximum atomic E-state index is 12.8. The Morgan fingerprint density at radius 2 is 1.96 bits per heavy atom. The van der Waals surface area contributed by atoms with Crippen LogP contribution in [0.1, 0.15) is 25.7 Å². The topological polar surface area (TPSA) is 103 Å². The molecule has 1 aromatic heterocycles. The molecular weight excluding hydrogens is 390 g/mol. The molecule has 0 spiro atoms. The van der Waals surface area contributed by atoms with E-state index in [4.69, 9.17) is 9.15 Å². The highest BCUT2D eigenvalue weighted by Gasteiger charge is 2.30. The van der Waals surface area contributed by atoms with Gasteiger partial charge in [-0.3, -0.25) is 4.79 Å². The second-order valence-electron chi connectivity index (χ2n) is 6.43. The van der Waals surface area contributed by atoms with E-state index in [2.05, 4.69) is 10.2 Å². The Morgan fingerprint density at radius 3 is 2.70 bits per heavy atom. The molecule has 10 heteroatoms. The molecule has 1 aromatic carbocycles. The van der Waals surface area contributed by atoms with Gasteiger partial charge in [0, 0.05) is 25.1 Å². The Balaban J connectivity index is 1.55. The lowest BCUT2D eigenvalue weighted by molar-refractivity contribution is -0.137. The highest BCUT2D eigenvalue weighted by Crippen LogP contribution is 2.31. The summed E-state index contributed by atoms with van der Waals surface area (Å²) in [5, 5.41) is 7.86. The van der Waals surface area contributed by atoms with Crippen molar-refractivity contribution in [3.05, 3.63) is 24.3 Å². The van der Waals surface area contributed by atoms with E-state index in [0.717, 1.165) is 19.3 Å². The molecule has 8 nitrogen and oxygen atoms in total. The summed E-state index contributed by atoms with van der Waals surface area (Å²) in [6.45, 7) is 1.49. The van der Waals surface area contributed by atoms with E-state index >= 15 is 0 Å². The first kappa shape index (κ1) is 18.5. The number of hydrogen-bond acceptors (Lipinski definition) is 8. The van der Waals surface area contributed by atoms with Gasteiger partial charge in [0.1, 0.15) is 5.25 Å². The van der Waals surface area contributed by atoms with Gasteiger partial charge in [-0.15, -0.1) is 10.2 Å². The zero-order chi connectivity index (χ0) is 18.9. The molecule has 0 radical (unpaired) electrons. The minimum absolute atomic E-state index is 0.216. The lowest BCUT2D eigenvalue weighted by atomic mass is 10.2. The number of esters is 1. The second-order valence-corrected chi connectivity index (χ2v) is 9.52. The molecule has 2 fully saturated rings. The van der Waals surface area contributed by atoms with E-state index in [9.17, 15) is 13.2 Å². The van der Waals surface area contributed by atoms with Crippen molar-refractivity contribution in [1.29, 1.82) is 0 Å². The molecule has 2 saturated heterocycles. The van der Waals surface area contributed by atoms with Crippen molar-refractivity contribution in [2.24, 2.45) is 0 Å². The van der Waals surface area contributed by atoms with Crippen molar-refractivity contribution >= 4 is 27.8 Å². The van der Waals surface area contributed by atoms with Gasteiger partial charge in [0.05, 0.1) is 11.5 Å². The molecular formula is C17H19N3O5S2. The van der Waals surface area contributed by atoms with Crippen LogP contribution in [-0.4, -0.2) is 53.8 Å². The lowest BCUT2D eigenvalue weighted by Crippen LogP contribution is -2.35. The first-order chi connectivity index (χ1) is 13.0.